The lowest BCUT2D eigenvalue weighted by atomic mass is 10.1. The van der Waals surface area contributed by atoms with E-state index in [1.165, 1.54) is 0 Å². The second-order valence-electron chi connectivity index (χ2n) is 6.13. The van der Waals surface area contributed by atoms with Crippen LogP contribution in [0.15, 0.2) is 42.5 Å². The van der Waals surface area contributed by atoms with Crippen LogP contribution < -0.4 is 9.47 Å². The molecule has 0 saturated carbocycles. The number of methoxy groups -OCH3 is 1. The zero-order valence-electron chi connectivity index (χ0n) is 15.0. The van der Waals surface area contributed by atoms with Crippen LogP contribution in [0.5, 0.6) is 11.5 Å². The van der Waals surface area contributed by atoms with Crippen molar-refractivity contribution in [2.24, 2.45) is 0 Å². The predicted molar refractivity (Wildman–Crippen MR) is 95.5 cm³/mol. The Hall–Kier alpha value is -2.49. The SMILES string of the molecule is COc1ccc(CN(C)C(=O)[C@H](C)Oc2cc(C)cc(C)c2)cc1. The number of hydrogen-bond donors (Lipinski definition) is 0. The quantitative estimate of drug-likeness (QED) is 0.811. The maximum Gasteiger partial charge on any atom is 0.263 e. The molecule has 0 N–H and O–H groups in total. The van der Waals surface area contributed by atoms with Gasteiger partial charge in [0.05, 0.1) is 7.11 Å². The van der Waals surface area contributed by atoms with Crippen LogP contribution in [-0.2, 0) is 11.3 Å². The minimum absolute atomic E-state index is 0.0509. The van der Waals surface area contributed by atoms with Gasteiger partial charge in [0.2, 0.25) is 0 Å². The van der Waals surface area contributed by atoms with Crippen LogP contribution in [-0.4, -0.2) is 31.1 Å². The molecule has 1 atom stereocenters. The first kappa shape index (κ1) is 17.9. The van der Waals surface area contributed by atoms with Crippen molar-refractivity contribution in [3.05, 3.63) is 59.2 Å². The fraction of sp³-hybridized carbons (Fsp3) is 0.350. The summed E-state index contributed by atoms with van der Waals surface area (Å²) in [5, 5.41) is 0. The van der Waals surface area contributed by atoms with Gasteiger partial charge in [-0.25, -0.2) is 0 Å². The standard InChI is InChI=1S/C20H25NO3/c1-14-10-15(2)12-19(11-14)24-16(3)20(22)21(4)13-17-6-8-18(23-5)9-7-17/h6-12,16H,13H2,1-5H3/t16-/m0/s1. The topological polar surface area (TPSA) is 38.8 Å². The molecule has 4 heteroatoms. The molecule has 0 fully saturated rings. The highest BCUT2D eigenvalue weighted by atomic mass is 16.5. The molecule has 1 amide bonds. The summed E-state index contributed by atoms with van der Waals surface area (Å²) in [7, 11) is 3.42. The minimum atomic E-state index is -0.533. The summed E-state index contributed by atoms with van der Waals surface area (Å²) >= 11 is 0. The van der Waals surface area contributed by atoms with Gasteiger partial charge >= 0.3 is 0 Å². The summed E-state index contributed by atoms with van der Waals surface area (Å²) in [6.45, 7) is 6.35. The highest BCUT2D eigenvalue weighted by Gasteiger charge is 2.19. The van der Waals surface area contributed by atoms with Crippen molar-refractivity contribution < 1.29 is 14.3 Å². The van der Waals surface area contributed by atoms with Gasteiger partial charge in [0, 0.05) is 13.6 Å². The van der Waals surface area contributed by atoms with E-state index in [1.54, 1.807) is 26.0 Å². The molecule has 0 heterocycles. The molecular formula is C20H25NO3. The average Bonchev–Trinajstić information content (AvgIpc) is 2.53. The molecular weight excluding hydrogens is 302 g/mol. The summed E-state index contributed by atoms with van der Waals surface area (Å²) in [4.78, 5) is 14.2. The van der Waals surface area contributed by atoms with Gasteiger partial charge in [0.15, 0.2) is 6.10 Å². The first-order chi connectivity index (χ1) is 11.4. The van der Waals surface area contributed by atoms with Gasteiger partial charge in [-0.2, -0.15) is 0 Å². The second-order valence-corrected chi connectivity index (χ2v) is 6.13. The van der Waals surface area contributed by atoms with Gasteiger partial charge in [0.1, 0.15) is 11.5 Å². The molecule has 0 radical (unpaired) electrons. The lowest BCUT2D eigenvalue weighted by molar-refractivity contribution is -0.137. The number of ether oxygens (including phenoxy) is 2. The summed E-state index contributed by atoms with van der Waals surface area (Å²) in [6.07, 6.45) is -0.533. The average molecular weight is 327 g/mol. The van der Waals surface area contributed by atoms with Crippen LogP contribution in [0.4, 0.5) is 0 Å². The number of hydrogen-bond acceptors (Lipinski definition) is 3. The Morgan fingerprint density at radius 1 is 1.04 bits per heavy atom. The van der Waals surface area contributed by atoms with Crippen molar-refractivity contribution in [3.63, 3.8) is 0 Å². The molecule has 0 aliphatic carbocycles. The molecule has 2 rings (SSSR count). The Labute approximate surface area is 144 Å². The van der Waals surface area contributed by atoms with E-state index in [4.69, 9.17) is 9.47 Å². The smallest absolute Gasteiger partial charge is 0.263 e. The summed E-state index contributed by atoms with van der Waals surface area (Å²) < 4.78 is 11.0. The monoisotopic (exact) mass is 327 g/mol. The fourth-order valence-electron chi connectivity index (χ4n) is 2.65. The van der Waals surface area contributed by atoms with Gasteiger partial charge in [-0.1, -0.05) is 18.2 Å². The Bertz CT molecular complexity index is 674. The largest absolute Gasteiger partial charge is 0.497 e. The van der Waals surface area contributed by atoms with Crippen molar-refractivity contribution in [1.29, 1.82) is 0 Å². The third-order valence-corrected chi connectivity index (χ3v) is 3.81. The number of likely N-dealkylation sites (N-methyl/N-ethyl adjacent to an activating group) is 1. The number of amides is 1. The molecule has 24 heavy (non-hydrogen) atoms. The van der Waals surface area contributed by atoms with Gasteiger partial charge < -0.3 is 14.4 Å². The zero-order chi connectivity index (χ0) is 17.7. The van der Waals surface area contributed by atoms with Gasteiger partial charge in [0.25, 0.3) is 5.91 Å². The second kappa shape index (κ2) is 7.86. The van der Waals surface area contributed by atoms with Crippen molar-refractivity contribution >= 4 is 5.91 Å². The number of rotatable bonds is 6. The highest BCUT2D eigenvalue weighted by Crippen LogP contribution is 2.18. The summed E-state index contributed by atoms with van der Waals surface area (Å²) in [5.41, 5.74) is 3.29. The first-order valence-electron chi connectivity index (χ1n) is 8.02. The van der Waals surface area contributed by atoms with Gasteiger partial charge in [-0.3, -0.25) is 4.79 Å². The predicted octanol–water partition coefficient (Wildman–Crippen LogP) is 3.74. The van der Waals surface area contributed by atoms with Crippen molar-refractivity contribution in [2.45, 2.75) is 33.4 Å². The van der Waals surface area contributed by atoms with E-state index in [-0.39, 0.29) is 5.91 Å². The van der Waals surface area contributed by atoms with Crippen molar-refractivity contribution in [3.8, 4) is 11.5 Å². The normalized spacial score (nSPS) is 11.7. The van der Waals surface area contributed by atoms with Crippen molar-refractivity contribution in [1.82, 2.24) is 4.90 Å². The Balaban J connectivity index is 1.98. The number of carbonyl (C=O) groups excluding carboxylic acids is 1. The molecule has 4 nitrogen and oxygen atoms in total. The Kier molecular flexibility index (Phi) is 5.85. The molecule has 0 bridgehead atoms. The molecule has 2 aromatic rings. The summed E-state index contributed by atoms with van der Waals surface area (Å²) in [5.74, 6) is 1.48. The first-order valence-corrected chi connectivity index (χ1v) is 8.02. The van der Waals surface area contributed by atoms with Crippen LogP contribution >= 0.6 is 0 Å². The molecule has 0 aromatic heterocycles. The van der Waals surface area contributed by atoms with Crippen LogP contribution in [0.1, 0.15) is 23.6 Å². The fourth-order valence-corrected chi connectivity index (χ4v) is 2.65. The van der Waals surface area contributed by atoms with Crippen molar-refractivity contribution in [2.75, 3.05) is 14.2 Å². The van der Waals surface area contributed by atoms with Crippen LogP contribution in [0.2, 0.25) is 0 Å². The van der Waals surface area contributed by atoms with E-state index in [0.717, 1.165) is 28.2 Å². The van der Waals surface area contributed by atoms with Gasteiger partial charge in [-0.05, 0) is 61.7 Å². The van der Waals surface area contributed by atoms with E-state index < -0.39 is 6.10 Å². The molecule has 2 aromatic carbocycles. The Morgan fingerprint density at radius 2 is 1.62 bits per heavy atom. The molecule has 0 aliphatic rings. The number of aryl methyl sites for hydroxylation is 2. The maximum absolute atomic E-state index is 12.5. The summed E-state index contributed by atoms with van der Waals surface area (Å²) in [6, 6.07) is 13.7. The van der Waals surface area contributed by atoms with Crippen LogP contribution in [0.25, 0.3) is 0 Å². The number of nitrogens with zero attached hydrogens (tertiary/aromatic N) is 1. The molecule has 0 spiro atoms. The molecule has 0 saturated heterocycles. The van der Waals surface area contributed by atoms with E-state index in [9.17, 15) is 4.79 Å². The van der Waals surface area contributed by atoms with Crippen LogP contribution in [0, 0.1) is 13.8 Å². The Morgan fingerprint density at radius 3 is 2.17 bits per heavy atom. The van der Waals surface area contributed by atoms with E-state index >= 15 is 0 Å². The molecule has 128 valence electrons. The third kappa shape index (κ3) is 4.75. The van der Waals surface area contributed by atoms with E-state index in [1.807, 2.05) is 50.2 Å². The lowest BCUT2D eigenvalue weighted by Gasteiger charge is -2.22. The lowest BCUT2D eigenvalue weighted by Crippen LogP contribution is -2.37. The number of benzene rings is 2. The van der Waals surface area contributed by atoms with E-state index in [2.05, 4.69) is 6.07 Å². The highest BCUT2D eigenvalue weighted by molar-refractivity contribution is 5.80. The molecule has 0 aliphatic heterocycles. The van der Waals surface area contributed by atoms with Crippen LogP contribution in [0.3, 0.4) is 0 Å². The third-order valence-electron chi connectivity index (χ3n) is 3.81. The maximum atomic E-state index is 12.5. The molecule has 0 unspecified atom stereocenters. The minimum Gasteiger partial charge on any atom is -0.497 e. The van der Waals surface area contributed by atoms with Gasteiger partial charge in [-0.15, -0.1) is 0 Å². The number of carbonyl (C=O) groups is 1. The van der Waals surface area contributed by atoms with E-state index in [0.29, 0.717) is 6.54 Å². The zero-order valence-corrected chi connectivity index (χ0v) is 15.0.